The maximum atomic E-state index is 13.0. The van der Waals surface area contributed by atoms with E-state index < -0.39 is 17.7 Å². The van der Waals surface area contributed by atoms with Crippen LogP contribution in [0.5, 0.6) is 0 Å². The van der Waals surface area contributed by atoms with Crippen LogP contribution in [0.2, 0.25) is 0 Å². The molecule has 0 N–H and O–H groups in total. The van der Waals surface area contributed by atoms with Gasteiger partial charge in [-0.1, -0.05) is 18.2 Å². The van der Waals surface area contributed by atoms with Crippen molar-refractivity contribution in [1.29, 1.82) is 0 Å². The summed E-state index contributed by atoms with van der Waals surface area (Å²) < 4.78 is 43.6. The summed E-state index contributed by atoms with van der Waals surface area (Å²) in [4.78, 5) is 15.7. The van der Waals surface area contributed by atoms with Gasteiger partial charge in [-0.3, -0.25) is 0 Å². The van der Waals surface area contributed by atoms with Gasteiger partial charge in [-0.25, -0.2) is 9.78 Å². The number of rotatable bonds is 2. The molecule has 0 radical (unpaired) electrons. The Morgan fingerprint density at radius 1 is 1.30 bits per heavy atom. The molecule has 0 bridgehead atoms. The van der Waals surface area contributed by atoms with Crippen molar-refractivity contribution in [1.82, 2.24) is 4.98 Å². The Labute approximate surface area is 117 Å². The lowest BCUT2D eigenvalue weighted by atomic mass is 10.0. The molecule has 1 heterocycles. The molecule has 0 fully saturated rings. The van der Waals surface area contributed by atoms with E-state index in [2.05, 4.69) is 9.72 Å². The number of hydrogen-bond donors (Lipinski definition) is 0. The second-order valence-electron chi connectivity index (χ2n) is 3.95. The Hall–Kier alpha value is -1.89. The molecule has 0 aliphatic rings. The van der Waals surface area contributed by atoms with Crippen molar-refractivity contribution in [3.05, 3.63) is 40.5 Å². The van der Waals surface area contributed by atoms with Gasteiger partial charge in [0.05, 0.1) is 22.6 Å². The highest BCUT2D eigenvalue weighted by atomic mass is 32.1. The van der Waals surface area contributed by atoms with Gasteiger partial charge < -0.3 is 4.74 Å². The van der Waals surface area contributed by atoms with Crippen LogP contribution in [0.15, 0.2) is 24.3 Å². The van der Waals surface area contributed by atoms with Gasteiger partial charge >= 0.3 is 12.1 Å². The average molecular weight is 301 g/mol. The first-order valence-electron chi connectivity index (χ1n) is 5.57. The summed E-state index contributed by atoms with van der Waals surface area (Å²) in [6.45, 7) is 1.62. The SMILES string of the molecule is COC(=O)c1nc(C)sc1-c1ccccc1C(F)(F)F. The van der Waals surface area contributed by atoms with Gasteiger partial charge in [0, 0.05) is 5.56 Å². The first-order valence-corrected chi connectivity index (χ1v) is 6.38. The molecule has 0 aliphatic heterocycles. The highest BCUT2D eigenvalue weighted by Crippen LogP contribution is 2.40. The van der Waals surface area contributed by atoms with E-state index in [1.807, 2.05) is 0 Å². The number of carbonyl (C=O) groups excluding carboxylic acids is 1. The fourth-order valence-electron chi connectivity index (χ4n) is 1.77. The minimum absolute atomic E-state index is 0.0639. The zero-order valence-electron chi connectivity index (χ0n) is 10.6. The number of carbonyl (C=O) groups is 1. The van der Waals surface area contributed by atoms with Crippen LogP contribution < -0.4 is 0 Å². The van der Waals surface area contributed by atoms with E-state index >= 15 is 0 Å². The van der Waals surface area contributed by atoms with Gasteiger partial charge in [0.2, 0.25) is 0 Å². The number of alkyl halides is 3. The molecule has 0 amide bonds. The van der Waals surface area contributed by atoms with Crippen LogP contribution in [0.25, 0.3) is 10.4 Å². The van der Waals surface area contributed by atoms with E-state index in [0.29, 0.717) is 5.01 Å². The van der Waals surface area contributed by atoms with Crippen LogP contribution >= 0.6 is 11.3 Å². The maximum Gasteiger partial charge on any atom is 0.417 e. The fourth-order valence-corrected chi connectivity index (χ4v) is 2.72. The highest BCUT2D eigenvalue weighted by Gasteiger charge is 2.35. The molecule has 1 aromatic heterocycles. The van der Waals surface area contributed by atoms with E-state index in [0.717, 1.165) is 24.5 Å². The summed E-state index contributed by atoms with van der Waals surface area (Å²) >= 11 is 1.03. The molecule has 106 valence electrons. The summed E-state index contributed by atoms with van der Waals surface area (Å²) in [7, 11) is 1.16. The van der Waals surface area contributed by atoms with Crippen molar-refractivity contribution in [3.63, 3.8) is 0 Å². The third-order valence-corrected chi connectivity index (χ3v) is 3.59. The van der Waals surface area contributed by atoms with Crippen LogP contribution in [0.4, 0.5) is 13.2 Å². The first-order chi connectivity index (χ1) is 9.34. The van der Waals surface area contributed by atoms with Crippen molar-refractivity contribution >= 4 is 17.3 Å². The third-order valence-electron chi connectivity index (χ3n) is 2.59. The van der Waals surface area contributed by atoms with E-state index in [1.165, 1.54) is 18.2 Å². The van der Waals surface area contributed by atoms with Crippen LogP contribution in [0, 0.1) is 6.92 Å². The quantitative estimate of drug-likeness (QED) is 0.789. The number of aryl methyl sites for hydroxylation is 1. The second-order valence-corrected chi connectivity index (χ2v) is 5.15. The van der Waals surface area contributed by atoms with Crippen LogP contribution in [0.1, 0.15) is 21.1 Å². The van der Waals surface area contributed by atoms with E-state index in [4.69, 9.17) is 0 Å². The lowest BCUT2D eigenvalue weighted by molar-refractivity contribution is -0.137. The normalized spacial score (nSPS) is 11.4. The molecule has 0 unspecified atom stereocenters. The number of thiazole rings is 1. The molecule has 0 spiro atoms. The molecule has 0 saturated heterocycles. The molecule has 0 atom stereocenters. The summed E-state index contributed by atoms with van der Waals surface area (Å²) in [6.07, 6.45) is -4.50. The largest absolute Gasteiger partial charge is 0.464 e. The number of ether oxygens (including phenoxy) is 1. The van der Waals surface area contributed by atoms with Gasteiger partial charge in [0.1, 0.15) is 0 Å². The summed E-state index contributed by atoms with van der Waals surface area (Å²) in [5.41, 5.74) is -0.952. The van der Waals surface area contributed by atoms with Crippen molar-refractivity contribution in [2.75, 3.05) is 7.11 Å². The number of nitrogens with zero attached hydrogens (tertiary/aromatic N) is 1. The van der Waals surface area contributed by atoms with Gasteiger partial charge in [-0.15, -0.1) is 11.3 Å². The molecule has 2 aromatic rings. The van der Waals surface area contributed by atoms with Crippen molar-refractivity contribution < 1.29 is 22.7 Å². The van der Waals surface area contributed by atoms with Crippen molar-refractivity contribution in [2.24, 2.45) is 0 Å². The number of hydrogen-bond acceptors (Lipinski definition) is 4. The van der Waals surface area contributed by atoms with Gasteiger partial charge in [0.25, 0.3) is 0 Å². The number of benzene rings is 1. The summed E-state index contributed by atoms with van der Waals surface area (Å²) in [5.74, 6) is -0.749. The van der Waals surface area contributed by atoms with E-state index in [1.54, 1.807) is 6.92 Å². The lowest BCUT2D eigenvalue weighted by Crippen LogP contribution is -2.08. The van der Waals surface area contributed by atoms with Crippen LogP contribution in [-0.4, -0.2) is 18.1 Å². The number of aromatic nitrogens is 1. The Bertz CT molecular complexity index is 649. The fraction of sp³-hybridized carbons (Fsp3) is 0.231. The Balaban J connectivity index is 2.67. The molecule has 3 nitrogen and oxygen atoms in total. The molecule has 20 heavy (non-hydrogen) atoms. The summed E-state index contributed by atoms with van der Waals surface area (Å²) in [5, 5.41) is 0.498. The molecule has 0 aliphatic carbocycles. The van der Waals surface area contributed by atoms with E-state index in [-0.39, 0.29) is 16.1 Å². The minimum Gasteiger partial charge on any atom is -0.464 e. The monoisotopic (exact) mass is 301 g/mol. The van der Waals surface area contributed by atoms with Gasteiger partial charge in [0.15, 0.2) is 5.69 Å². The van der Waals surface area contributed by atoms with Crippen molar-refractivity contribution in [2.45, 2.75) is 13.1 Å². The Morgan fingerprint density at radius 2 is 1.95 bits per heavy atom. The highest BCUT2D eigenvalue weighted by molar-refractivity contribution is 7.15. The third kappa shape index (κ3) is 2.67. The molecular formula is C13H10F3NO2S. The van der Waals surface area contributed by atoms with Crippen LogP contribution in [0.3, 0.4) is 0 Å². The lowest BCUT2D eigenvalue weighted by Gasteiger charge is -2.11. The summed E-state index contributed by atoms with van der Waals surface area (Å²) in [6, 6.07) is 5.09. The number of esters is 1. The molecular weight excluding hydrogens is 291 g/mol. The van der Waals surface area contributed by atoms with Crippen LogP contribution in [-0.2, 0) is 10.9 Å². The standard InChI is InChI=1S/C13H10F3NO2S/c1-7-17-10(12(18)19-2)11(20-7)8-5-3-4-6-9(8)13(14,15)16/h3-6H,1-2H3. The maximum absolute atomic E-state index is 13.0. The molecule has 0 saturated carbocycles. The number of halogens is 3. The van der Waals surface area contributed by atoms with E-state index in [9.17, 15) is 18.0 Å². The average Bonchev–Trinajstić information content (AvgIpc) is 2.79. The van der Waals surface area contributed by atoms with Crippen molar-refractivity contribution in [3.8, 4) is 10.4 Å². The molecule has 7 heteroatoms. The van der Waals surface area contributed by atoms with Gasteiger partial charge in [-0.2, -0.15) is 13.2 Å². The zero-order valence-corrected chi connectivity index (χ0v) is 11.4. The van der Waals surface area contributed by atoms with Gasteiger partial charge in [-0.05, 0) is 13.0 Å². The molecule has 1 aromatic carbocycles. The number of methoxy groups -OCH3 is 1. The predicted molar refractivity (Wildman–Crippen MR) is 68.6 cm³/mol. The zero-order chi connectivity index (χ0) is 14.9. The topological polar surface area (TPSA) is 39.2 Å². The Morgan fingerprint density at radius 3 is 2.55 bits per heavy atom. The molecule has 2 rings (SSSR count). The minimum atomic E-state index is -4.50. The second kappa shape index (κ2) is 5.24. The smallest absolute Gasteiger partial charge is 0.417 e. The Kier molecular flexibility index (Phi) is 3.80. The predicted octanol–water partition coefficient (Wildman–Crippen LogP) is 3.92. The first kappa shape index (κ1) is 14.5.